The highest BCUT2D eigenvalue weighted by atomic mass is 16.3. The molecule has 0 saturated carbocycles. The Morgan fingerprint density at radius 3 is 2.13 bits per heavy atom. The van der Waals surface area contributed by atoms with Crippen molar-refractivity contribution in [1.82, 2.24) is 4.57 Å². The van der Waals surface area contributed by atoms with E-state index in [0.717, 1.165) is 33.0 Å². The molecular formula is C28H17NO. The molecule has 0 bridgehead atoms. The molecule has 0 amide bonds. The molecule has 2 heteroatoms. The Hall–Kier alpha value is -4.04. The van der Waals surface area contributed by atoms with E-state index in [-0.39, 0.29) is 0 Å². The fraction of sp³-hybridized carbons (Fsp3) is 0. The molecule has 2 heterocycles. The summed E-state index contributed by atoms with van der Waals surface area (Å²) >= 11 is 0. The number of hydrogen-bond acceptors (Lipinski definition) is 1. The van der Waals surface area contributed by atoms with Gasteiger partial charge in [0.25, 0.3) is 0 Å². The zero-order chi connectivity index (χ0) is 19.7. The first-order valence-electron chi connectivity index (χ1n) is 10.2. The Kier molecular flexibility index (Phi) is 3.03. The molecule has 30 heavy (non-hydrogen) atoms. The third kappa shape index (κ3) is 2.03. The first kappa shape index (κ1) is 15.8. The minimum atomic E-state index is 0.924. The van der Waals surface area contributed by atoms with Crippen LogP contribution in [0.2, 0.25) is 0 Å². The van der Waals surface area contributed by atoms with Crippen LogP contribution < -0.4 is 0 Å². The van der Waals surface area contributed by atoms with Gasteiger partial charge < -0.3 is 8.98 Å². The molecule has 2 nitrogen and oxygen atoms in total. The molecule has 0 N–H and O–H groups in total. The molecular weight excluding hydrogens is 366 g/mol. The average Bonchev–Trinajstić information content (AvgIpc) is 3.32. The van der Waals surface area contributed by atoms with Crippen LogP contribution in [0.5, 0.6) is 0 Å². The third-order valence-electron chi connectivity index (χ3n) is 6.15. The number of hydrogen-bond donors (Lipinski definition) is 0. The monoisotopic (exact) mass is 383 g/mol. The van der Waals surface area contributed by atoms with E-state index in [4.69, 9.17) is 4.42 Å². The number of nitrogens with zero attached hydrogens (tertiary/aromatic N) is 1. The molecule has 7 rings (SSSR count). The molecule has 0 unspecified atom stereocenters. The molecule has 0 saturated heterocycles. The van der Waals surface area contributed by atoms with Gasteiger partial charge in [-0.15, -0.1) is 0 Å². The van der Waals surface area contributed by atoms with Crippen molar-refractivity contribution in [3.05, 3.63) is 103 Å². The van der Waals surface area contributed by atoms with Crippen LogP contribution in [-0.2, 0) is 0 Å². The lowest BCUT2D eigenvalue weighted by molar-refractivity contribution is 0.673. The van der Waals surface area contributed by atoms with Crippen molar-refractivity contribution in [1.29, 1.82) is 0 Å². The number of para-hydroxylation sites is 2. The smallest absolute Gasteiger partial charge is 0.161 e. The highest BCUT2D eigenvalue weighted by Gasteiger charge is 2.19. The van der Waals surface area contributed by atoms with Gasteiger partial charge in [-0.25, -0.2) is 0 Å². The van der Waals surface area contributed by atoms with Crippen LogP contribution in [0.1, 0.15) is 0 Å². The molecule has 2 aromatic heterocycles. The summed E-state index contributed by atoms with van der Waals surface area (Å²) in [7, 11) is 0. The maximum absolute atomic E-state index is 6.33. The average molecular weight is 383 g/mol. The summed E-state index contributed by atoms with van der Waals surface area (Å²) in [5.41, 5.74) is 5.35. The van der Waals surface area contributed by atoms with Gasteiger partial charge in [0.1, 0.15) is 11.1 Å². The van der Waals surface area contributed by atoms with Crippen LogP contribution in [-0.4, -0.2) is 4.57 Å². The fourth-order valence-electron chi connectivity index (χ4n) is 4.81. The third-order valence-corrected chi connectivity index (χ3v) is 6.15. The topological polar surface area (TPSA) is 18.1 Å². The summed E-state index contributed by atoms with van der Waals surface area (Å²) < 4.78 is 8.70. The number of furan rings is 1. The zero-order valence-corrected chi connectivity index (χ0v) is 16.2. The lowest BCUT2D eigenvalue weighted by Crippen LogP contribution is -1.95. The Labute approximate surface area is 172 Å². The minimum absolute atomic E-state index is 0.924. The maximum Gasteiger partial charge on any atom is 0.161 e. The first-order chi connectivity index (χ1) is 14.9. The summed E-state index contributed by atoms with van der Waals surface area (Å²) in [6, 6.07) is 36.5. The quantitative estimate of drug-likeness (QED) is 0.264. The molecule has 0 spiro atoms. The predicted octanol–water partition coefficient (Wildman–Crippen LogP) is 7.84. The molecule has 140 valence electrons. The largest absolute Gasteiger partial charge is 0.454 e. The SMILES string of the molecule is c1ccc2cc3c(-n4c5ccccc5c5oc6ccccc6c54)cccc3cc2c1. The normalized spacial score (nSPS) is 12.0. The standard InChI is InChI=1S/C28H17NO/c1-2-9-19-17-23-20(16-18(19)8-1)10-7-14-25(23)29-24-13-5-3-11-21(24)28-27(29)22-12-4-6-15-26(22)30-28/h1-17H. The Morgan fingerprint density at radius 2 is 1.23 bits per heavy atom. The number of aromatic nitrogens is 1. The Balaban J connectivity index is 1.71. The highest BCUT2D eigenvalue weighted by Crippen LogP contribution is 2.40. The zero-order valence-electron chi connectivity index (χ0n) is 16.2. The van der Waals surface area contributed by atoms with Gasteiger partial charge >= 0.3 is 0 Å². The summed E-state index contributed by atoms with van der Waals surface area (Å²) in [6.07, 6.45) is 0. The van der Waals surface area contributed by atoms with Crippen molar-refractivity contribution in [2.45, 2.75) is 0 Å². The summed E-state index contributed by atoms with van der Waals surface area (Å²) in [6.45, 7) is 0. The van der Waals surface area contributed by atoms with Gasteiger partial charge in [-0.2, -0.15) is 0 Å². The van der Waals surface area contributed by atoms with Gasteiger partial charge in [0, 0.05) is 16.2 Å². The van der Waals surface area contributed by atoms with E-state index >= 15 is 0 Å². The van der Waals surface area contributed by atoms with Crippen LogP contribution in [0.15, 0.2) is 108 Å². The van der Waals surface area contributed by atoms with Gasteiger partial charge in [0.05, 0.1) is 11.2 Å². The predicted molar refractivity (Wildman–Crippen MR) is 126 cm³/mol. The lowest BCUT2D eigenvalue weighted by atomic mass is 10.0. The van der Waals surface area contributed by atoms with E-state index in [1.165, 1.54) is 27.2 Å². The second-order valence-corrected chi connectivity index (χ2v) is 7.83. The van der Waals surface area contributed by atoms with E-state index in [1.54, 1.807) is 0 Å². The summed E-state index contributed by atoms with van der Waals surface area (Å²) in [5, 5.41) is 7.28. The Bertz CT molecular complexity index is 1740. The van der Waals surface area contributed by atoms with E-state index in [9.17, 15) is 0 Å². The number of benzene rings is 5. The van der Waals surface area contributed by atoms with Crippen molar-refractivity contribution in [3.8, 4) is 5.69 Å². The van der Waals surface area contributed by atoms with Crippen LogP contribution in [0.25, 0.3) is 60.2 Å². The van der Waals surface area contributed by atoms with E-state index in [1.807, 2.05) is 12.1 Å². The second kappa shape index (κ2) is 5.74. The van der Waals surface area contributed by atoms with Gasteiger partial charge in [0.15, 0.2) is 5.58 Å². The first-order valence-corrected chi connectivity index (χ1v) is 10.2. The highest BCUT2D eigenvalue weighted by molar-refractivity contribution is 6.17. The molecule has 0 radical (unpaired) electrons. The number of fused-ring (bicyclic) bond motifs is 7. The molecule has 0 aliphatic rings. The molecule has 5 aromatic carbocycles. The van der Waals surface area contributed by atoms with Crippen molar-refractivity contribution in [3.63, 3.8) is 0 Å². The van der Waals surface area contributed by atoms with Gasteiger partial charge in [-0.05, 0) is 58.6 Å². The van der Waals surface area contributed by atoms with E-state index in [0.29, 0.717) is 0 Å². The van der Waals surface area contributed by atoms with Crippen LogP contribution in [0.4, 0.5) is 0 Å². The van der Waals surface area contributed by atoms with Crippen molar-refractivity contribution in [2.24, 2.45) is 0 Å². The van der Waals surface area contributed by atoms with E-state index < -0.39 is 0 Å². The second-order valence-electron chi connectivity index (χ2n) is 7.83. The van der Waals surface area contributed by atoms with Gasteiger partial charge in [-0.1, -0.05) is 60.7 Å². The maximum atomic E-state index is 6.33. The van der Waals surface area contributed by atoms with Gasteiger partial charge in [0.2, 0.25) is 0 Å². The fourth-order valence-corrected chi connectivity index (χ4v) is 4.81. The van der Waals surface area contributed by atoms with E-state index in [2.05, 4.69) is 95.6 Å². The van der Waals surface area contributed by atoms with Crippen molar-refractivity contribution >= 4 is 54.5 Å². The van der Waals surface area contributed by atoms with Crippen molar-refractivity contribution in [2.75, 3.05) is 0 Å². The van der Waals surface area contributed by atoms with Crippen molar-refractivity contribution < 1.29 is 4.42 Å². The summed E-state index contributed by atoms with van der Waals surface area (Å²) in [4.78, 5) is 0. The van der Waals surface area contributed by atoms with Gasteiger partial charge in [-0.3, -0.25) is 0 Å². The Morgan fingerprint density at radius 1 is 0.533 bits per heavy atom. The number of rotatable bonds is 1. The minimum Gasteiger partial charge on any atom is -0.454 e. The molecule has 0 aliphatic heterocycles. The molecule has 0 aliphatic carbocycles. The molecule has 0 atom stereocenters. The van der Waals surface area contributed by atoms with Crippen LogP contribution >= 0.6 is 0 Å². The lowest BCUT2D eigenvalue weighted by Gasteiger charge is -2.12. The molecule has 7 aromatic rings. The summed E-state index contributed by atoms with van der Waals surface area (Å²) in [5.74, 6) is 0. The van der Waals surface area contributed by atoms with Crippen LogP contribution in [0, 0.1) is 0 Å². The van der Waals surface area contributed by atoms with Crippen LogP contribution in [0.3, 0.4) is 0 Å². The molecule has 0 fully saturated rings.